The van der Waals surface area contributed by atoms with Gasteiger partial charge in [-0.15, -0.1) is 0 Å². The van der Waals surface area contributed by atoms with E-state index >= 15 is 0 Å². The number of aliphatic hydroxyl groups is 1. The molecule has 1 unspecified atom stereocenters. The minimum atomic E-state index is -5.24. The molecule has 0 bridgehead atoms. The fourth-order valence-corrected chi connectivity index (χ4v) is 4.64. The SMILES string of the molecule is CC(O)(C(=O)Nc1ccc(S(=O)(=O)c2cccc(C(=O)N3CCOCC3)c2)cc1Cl)C(F)(F)F. The molecule has 1 atom stereocenters. The summed E-state index contributed by atoms with van der Waals surface area (Å²) in [4.78, 5) is 25.6. The van der Waals surface area contributed by atoms with E-state index in [2.05, 4.69) is 0 Å². The molecule has 13 heteroatoms. The lowest BCUT2D eigenvalue weighted by atomic mass is 10.1. The lowest BCUT2D eigenvalue weighted by Crippen LogP contribution is -2.52. The number of alkyl halides is 3. The zero-order valence-corrected chi connectivity index (χ0v) is 19.3. The van der Waals surface area contributed by atoms with Gasteiger partial charge in [0.2, 0.25) is 15.4 Å². The van der Waals surface area contributed by atoms with Gasteiger partial charge in [-0.3, -0.25) is 9.59 Å². The van der Waals surface area contributed by atoms with Crippen LogP contribution < -0.4 is 5.32 Å². The van der Waals surface area contributed by atoms with Crippen LogP contribution in [0.5, 0.6) is 0 Å². The summed E-state index contributed by atoms with van der Waals surface area (Å²) in [5, 5.41) is 10.9. The largest absolute Gasteiger partial charge is 0.426 e. The first kappa shape index (κ1) is 25.9. The van der Waals surface area contributed by atoms with Crippen LogP contribution in [0.3, 0.4) is 0 Å². The van der Waals surface area contributed by atoms with Gasteiger partial charge in [-0.2, -0.15) is 13.2 Å². The van der Waals surface area contributed by atoms with Crippen molar-refractivity contribution in [3.05, 3.63) is 53.1 Å². The van der Waals surface area contributed by atoms with E-state index in [1.165, 1.54) is 24.3 Å². The number of morpholine rings is 1. The van der Waals surface area contributed by atoms with Crippen molar-refractivity contribution in [2.75, 3.05) is 31.6 Å². The van der Waals surface area contributed by atoms with Crippen LogP contribution in [-0.4, -0.2) is 68.3 Å². The summed E-state index contributed by atoms with van der Waals surface area (Å²) in [6.07, 6.45) is -5.24. The fraction of sp³-hybridized carbons (Fsp3) is 0.333. The molecule has 0 saturated carbocycles. The van der Waals surface area contributed by atoms with Gasteiger partial charge in [-0.05, 0) is 43.3 Å². The number of benzene rings is 2. The van der Waals surface area contributed by atoms with E-state index in [1.807, 2.05) is 5.32 Å². The van der Waals surface area contributed by atoms with Gasteiger partial charge in [0.1, 0.15) is 0 Å². The van der Waals surface area contributed by atoms with Crippen LogP contribution in [0.25, 0.3) is 0 Å². The van der Waals surface area contributed by atoms with E-state index in [0.717, 1.165) is 18.2 Å². The second-order valence-corrected chi connectivity index (χ2v) is 9.96. The number of carbonyl (C=O) groups is 2. The summed E-state index contributed by atoms with van der Waals surface area (Å²) in [5.74, 6) is -2.14. The van der Waals surface area contributed by atoms with Gasteiger partial charge < -0.3 is 20.1 Å². The molecular weight excluding hydrogens is 501 g/mol. The lowest BCUT2D eigenvalue weighted by Gasteiger charge is -2.27. The minimum absolute atomic E-state index is 0.160. The Morgan fingerprint density at radius 1 is 1.09 bits per heavy atom. The number of hydrogen-bond acceptors (Lipinski definition) is 6. The van der Waals surface area contributed by atoms with Gasteiger partial charge >= 0.3 is 6.18 Å². The van der Waals surface area contributed by atoms with Crippen LogP contribution in [0.2, 0.25) is 5.02 Å². The van der Waals surface area contributed by atoms with Gasteiger partial charge in [0.05, 0.1) is 33.7 Å². The van der Waals surface area contributed by atoms with Crippen LogP contribution in [0.4, 0.5) is 18.9 Å². The lowest BCUT2D eigenvalue weighted by molar-refractivity contribution is -0.242. The molecule has 184 valence electrons. The molecule has 1 aliphatic rings. The molecule has 1 fully saturated rings. The van der Waals surface area contributed by atoms with Crippen LogP contribution in [0, 0.1) is 0 Å². The highest BCUT2D eigenvalue weighted by Gasteiger charge is 2.55. The van der Waals surface area contributed by atoms with Gasteiger partial charge in [0.25, 0.3) is 11.8 Å². The Labute approximate surface area is 198 Å². The quantitative estimate of drug-likeness (QED) is 0.627. The molecule has 2 aromatic rings. The maximum absolute atomic E-state index is 13.1. The van der Waals surface area contributed by atoms with Crippen LogP contribution in [0.15, 0.2) is 52.3 Å². The van der Waals surface area contributed by atoms with Crippen molar-refractivity contribution in [2.45, 2.75) is 28.5 Å². The van der Waals surface area contributed by atoms with Crippen molar-refractivity contribution < 1.29 is 41.0 Å². The second kappa shape index (κ2) is 9.53. The zero-order chi connectivity index (χ0) is 25.3. The number of rotatable bonds is 5. The predicted molar refractivity (Wildman–Crippen MR) is 115 cm³/mol. The van der Waals surface area contributed by atoms with E-state index in [-0.39, 0.29) is 38.9 Å². The van der Waals surface area contributed by atoms with Crippen LogP contribution in [-0.2, 0) is 19.4 Å². The molecule has 0 aromatic heterocycles. The summed E-state index contributed by atoms with van der Waals surface area (Å²) in [6.45, 7) is 1.78. The van der Waals surface area contributed by atoms with Crippen molar-refractivity contribution in [3.63, 3.8) is 0 Å². The van der Waals surface area contributed by atoms with E-state index < -0.39 is 27.5 Å². The van der Waals surface area contributed by atoms with Crippen LogP contribution >= 0.6 is 11.6 Å². The minimum Gasteiger partial charge on any atom is -0.378 e. The number of nitrogens with zero attached hydrogens (tertiary/aromatic N) is 1. The fourth-order valence-electron chi connectivity index (χ4n) is 3.02. The number of sulfone groups is 1. The summed E-state index contributed by atoms with van der Waals surface area (Å²) in [6, 6.07) is 8.39. The second-order valence-electron chi connectivity index (χ2n) is 7.60. The smallest absolute Gasteiger partial charge is 0.378 e. The maximum atomic E-state index is 13.1. The van der Waals surface area contributed by atoms with Crippen molar-refractivity contribution in [3.8, 4) is 0 Å². The highest BCUT2D eigenvalue weighted by atomic mass is 35.5. The molecule has 2 amide bonds. The molecule has 8 nitrogen and oxygen atoms in total. The summed E-state index contributed by atoms with van der Waals surface area (Å²) < 4.78 is 69.9. The molecule has 3 rings (SSSR count). The molecule has 0 radical (unpaired) electrons. The molecule has 1 saturated heterocycles. The Bertz CT molecular complexity index is 1210. The first-order chi connectivity index (χ1) is 15.7. The monoisotopic (exact) mass is 520 g/mol. The predicted octanol–water partition coefficient (Wildman–Crippen LogP) is 2.90. The number of carbonyl (C=O) groups excluding carboxylic acids is 2. The Hall–Kier alpha value is -2.67. The molecule has 1 heterocycles. The summed E-state index contributed by atoms with van der Waals surface area (Å²) >= 11 is 6.00. The molecule has 0 spiro atoms. The Morgan fingerprint density at radius 3 is 2.29 bits per heavy atom. The molecule has 2 N–H and O–H groups in total. The Balaban J connectivity index is 1.85. The highest BCUT2D eigenvalue weighted by molar-refractivity contribution is 7.91. The molecule has 1 aliphatic heterocycles. The first-order valence-corrected chi connectivity index (χ1v) is 11.7. The topological polar surface area (TPSA) is 113 Å². The molecular formula is C21H20ClF3N2O6S. The molecule has 2 aromatic carbocycles. The average molecular weight is 521 g/mol. The van der Waals surface area contributed by atoms with Crippen LogP contribution in [0.1, 0.15) is 17.3 Å². The maximum Gasteiger partial charge on any atom is 0.426 e. The highest BCUT2D eigenvalue weighted by Crippen LogP contribution is 2.33. The zero-order valence-electron chi connectivity index (χ0n) is 17.7. The van der Waals surface area contributed by atoms with Crippen molar-refractivity contribution in [1.82, 2.24) is 4.90 Å². The number of anilines is 1. The Kier molecular flexibility index (Phi) is 7.27. The normalized spacial score (nSPS) is 16.6. The molecule has 34 heavy (non-hydrogen) atoms. The number of amides is 2. The van der Waals surface area contributed by atoms with E-state index in [4.69, 9.17) is 16.3 Å². The number of nitrogens with one attached hydrogen (secondary N) is 1. The van der Waals surface area contributed by atoms with Crippen molar-refractivity contribution in [2.24, 2.45) is 0 Å². The average Bonchev–Trinajstić information content (AvgIpc) is 2.79. The third-order valence-corrected chi connectivity index (χ3v) is 7.24. The third-order valence-electron chi connectivity index (χ3n) is 5.18. The van der Waals surface area contributed by atoms with Gasteiger partial charge in [0, 0.05) is 18.7 Å². The molecule has 0 aliphatic carbocycles. The summed E-state index contributed by atoms with van der Waals surface area (Å²) in [5.41, 5.74) is -3.85. The van der Waals surface area contributed by atoms with Gasteiger partial charge in [-0.25, -0.2) is 8.42 Å². The van der Waals surface area contributed by atoms with Gasteiger partial charge in [-0.1, -0.05) is 17.7 Å². The standard InChI is InChI=1S/C21H20ClF3N2O6S/c1-20(30,21(23,24)25)19(29)26-17-6-5-15(12-16(17)22)34(31,32)14-4-2-3-13(11-14)18(28)27-7-9-33-10-8-27/h2-6,11-12,30H,7-10H2,1H3,(H,26,29). The number of ether oxygens (including phenoxy) is 1. The first-order valence-electron chi connectivity index (χ1n) is 9.87. The summed E-state index contributed by atoms with van der Waals surface area (Å²) in [7, 11) is -4.17. The Morgan fingerprint density at radius 2 is 1.71 bits per heavy atom. The third kappa shape index (κ3) is 5.19. The van der Waals surface area contributed by atoms with E-state index in [9.17, 15) is 36.3 Å². The van der Waals surface area contributed by atoms with E-state index in [1.54, 1.807) is 4.90 Å². The number of hydrogen-bond donors (Lipinski definition) is 2. The number of halogens is 4. The van der Waals surface area contributed by atoms with Crippen molar-refractivity contribution in [1.29, 1.82) is 0 Å². The van der Waals surface area contributed by atoms with E-state index in [0.29, 0.717) is 26.3 Å². The van der Waals surface area contributed by atoms with Crippen molar-refractivity contribution >= 4 is 38.9 Å². The van der Waals surface area contributed by atoms with Gasteiger partial charge in [0.15, 0.2) is 0 Å².